The normalized spacial score (nSPS) is 14.8. The fraction of sp³-hybridized carbons (Fsp3) is 0.933. The molecule has 6 atom stereocenters. The highest BCUT2D eigenvalue weighted by Gasteiger charge is 2.30. The number of phosphoric acid groups is 2. The van der Waals surface area contributed by atoms with Crippen LogP contribution in [0.4, 0.5) is 0 Å². The third kappa shape index (κ3) is 53.8. The summed E-state index contributed by atoms with van der Waals surface area (Å²) in [6.45, 7) is 9.35. The zero-order chi connectivity index (χ0) is 58.7. The van der Waals surface area contributed by atoms with Gasteiger partial charge in [-0.05, 0) is 37.5 Å². The number of aliphatic hydroxyl groups is 1. The lowest BCUT2D eigenvalue weighted by molar-refractivity contribution is -0.161. The Balaban J connectivity index is 5.18. The van der Waals surface area contributed by atoms with Crippen molar-refractivity contribution in [1.82, 2.24) is 0 Å². The van der Waals surface area contributed by atoms with Crippen molar-refractivity contribution in [3.8, 4) is 0 Å². The number of unbranched alkanes of at least 4 members (excludes halogenated alkanes) is 28. The Morgan fingerprint density at radius 2 is 0.646 bits per heavy atom. The van der Waals surface area contributed by atoms with E-state index in [1.54, 1.807) is 0 Å². The number of hydrogen-bond acceptors (Lipinski definition) is 15. The van der Waals surface area contributed by atoms with Crippen molar-refractivity contribution < 1.29 is 80.2 Å². The van der Waals surface area contributed by atoms with Crippen molar-refractivity contribution in [3.63, 3.8) is 0 Å². The predicted octanol–water partition coefficient (Wildman–Crippen LogP) is 16.1. The van der Waals surface area contributed by atoms with Crippen LogP contribution in [0.15, 0.2) is 0 Å². The Bertz CT molecular complexity index is 1570. The number of carbonyl (C=O) groups excluding carboxylic acids is 4. The van der Waals surface area contributed by atoms with Crippen molar-refractivity contribution in [1.29, 1.82) is 0 Å². The van der Waals surface area contributed by atoms with E-state index >= 15 is 0 Å². The summed E-state index contributed by atoms with van der Waals surface area (Å²) in [6.07, 6.45) is 33.8. The van der Waals surface area contributed by atoms with Crippen LogP contribution in [0, 0.1) is 11.8 Å². The summed E-state index contributed by atoms with van der Waals surface area (Å²) in [7, 11) is -9.87. The van der Waals surface area contributed by atoms with Gasteiger partial charge in [0.15, 0.2) is 12.2 Å². The van der Waals surface area contributed by atoms with Crippen LogP contribution in [0.3, 0.4) is 0 Å². The van der Waals surface area contributed by atoms with E-state index < -0.39 is 97.5 Å². The largest absolute Gasteiger partial charge is 0.472 e. The van der Waals surface area contributed by atoms with Gasteiger partial charge in [-0.3, -0.25) is 37.3 Å². The van der Waals surface area contributed by atoms with E-state index in [-0.39, 0.29) is 25.7 Å². The highest BCUT2D eigenvalue weighted by Crippen LogP contribution is 2.45. The SMILES string of the molecule is CCCCCCCCCCC(=O)O[C@H](COC(=O)CCCCCCC)COP(=O)(O)OC[C@H](O)COP(=O)(O)OC[C@@H](COC(=O)CCCCCCCCCCCC(C)C)OC(=O)CCCCCCCCCCCCC(C)CC. The van der Waals surface area contributed by atoms with Crippen molar-refractivity contribution in [3.05, 3.63) is 0 Å². The van der Waals surface area contributed by atoms with Crippen LogP contribution in [-0.4, -0.2) is 96.7 Å². The Kier molecular flexibility index (Phi) is 51.5. The summed E-state index contributed by atoms with van der Waals surface area (Å²) >= 11 is 0. The molecule has 468 valence electrons. The molecule has 0 amide bonds. The predicted molar refractivity (Wildman–Crippen MR) is 312 cm³/mol. The molecule has 0 spiro atoms. The highest BCUT2D eigenvalue weighted by molar-refractivity contribution is 7.47. The second-order valence-electron chi connectivity index (χ2n) is 22.5. The maximum atomic E-state index is 12.9. The zero-order valence-electron chi connectivity index (χ0n) is 50.7. The quantitative estimate of drug-likeness (QED) is 0.0222. The van der Waals surface area contributed by atoms with Gasteiger partial charge in [0.05, 0.1) is 26.4 Å². The van der Waals surface area contributed by atoms with Crippen LogP contribution < -0.4 is 0 Å². The average molecular weight is 1170 g/mol. The van der Waals surface area contributed by atoms with E-state index in [1.165, 1.54) is 96.3 Å². The molecule has 0 bridgehead atoms. The minimum absolute atomic E-state index is 0.104. The lowest BCUT2D eigenvalue weighted by Crippen LogP contribution is -2.30. The first kappa shape index (κ1) is 77.1. The van der Waals surface area contributed by atoms with E-state index in [0.717, 1.165) is 115 Å². The monoisotopic (exact) mass is 1170 g/mol. The van der Waals surface area contributed by atoms with Gasteiger partial charge in [0.1, 0.15) is 19.3 Å². The second kappa shape index (κ2) is 52.8. The minimum atomic E-state index is -4.94. The van der Waals surface area contributed by atoms with Gasteiger partial charge in [-0.2, -0.15) is 0 Å². The molecule has 0 saturated heterocycles. The van der Waals surface area contributed by atoms with Gasteiger partial charge in [0, 0.05) is 25.7 Å². The van der Waals surface area contributed by atoms with Crippen molar-refractivity contribution in [2.75, 3.05) is 39.6 Å². The summed E-state index contributed by atoms with van der Waals surface area (Å²) in [6, 6.07) is 0. The summed E-state index contributed by atoms with van der Waals surface area (Å²) in [5, 5.41) is 10.5. The number of rotatable bonds is 59. The second-order valence-corrected chi connectivity index (χ2v) is 25.4. The van der Waals surface area contributed by atoms with Crippen LogP contribution in [0.5, 0.6) is 0 Å². The number of esters is 4. The molecular formula is C60H116O17P2. The summed E-state index contributed by atoms with van der Waals surface area (Å²) in [4.78, 5) is 71.7. The van der Waals surface area contributed by atoms with Crippen LogP contribution in [0.2, 0.25) is 0 Å². The molecule has 0 aromatic carbocycles. The standard InChI is InChI=1S/C60H116O17P2/c1-7-10-12-14-15-25-32-38-44-59(64)76-55(48-70-57(62)42-36-28-13-11-8-2)50-74-78(66,67)72-46-54(61)47-73-79(68,69)75-51-56(49-71-58(63)43-37-31-26-22-18-19-23-29-34-40-52(4)5)77-60(65)45-39-33-27-21-17-16-20-24-30-35-41-53(6)9-3/h52-56,61H,7-51H2,1-6H3,(H,66,67)(H,68,69)/t53?,54-,55+,56+/m0/s1. The molecular weight excluding hydrogens is 1050 g/mol. The molecule has 0 heterocycles. The first-order valence-electron chi connectivity index (χ1n) is 31.5. The first-order valence-corrected chi connectivity index (χ1v) is 34.5. The molecule has 0 saturated carbocycles. The van der Waals surface area contributed by atoms with Crippen molar-refractivity contribution in [2.24, 2.45) is 11.8 Å². The summed E-state index contributed by atoms with van der Waals surface area (Å²) < 4.78 is 67.6. The molecule has 0 rings (SSSR count). The van der Waals surface area contributed by atoms with Gasteiger partial charge in [-0.1, -0.05) is 241 Å². The smallest absolute Gasteiger partial charge is 0.462 e. The van der Waals surface area contributed by atoms with Gasteiger partial charge < -0.3 is 33.8 Å². The van der Waals surface area contributed by atoms with Gasteiger partial charge >= 0.3 is 39.5 Å². The molecule has 0 fully saturated rings. The third-order valence-electron chi connectivity index (χ3n) is 14.1. The number of aliphatic hydroxyl groups excluding tert-OH is 1. The fourth-order valence-electron chi connectivity index (χ4n) is 8.79. The molecule has 0 radical (unpaired) electrons. The van der Waals surface area contributed by atoms with E-state index in [2.05, 4.69) is 41.5 Å². The third-order valence-corrected chi connectivity index (χ3v) is 16.0. The fourth-order valence-corrected chi connectivity index (χ4v) is 10.4. The highest BCUT2D eigenvalue weighted by atomic mass is 31.2. The molecule has 0 aliphatic carbocycles. The van der Waals surface area contributed by atoms with Crippen LogP contribution in [0.1, 0.15) is 292 Å². The van der Waals surface area contributed by atoms with E-state index in [9.17, 15) is 43.2 Å². The van der Waals surface area contributed by atoms with E-state index in [4.69, 9.17) is 37.0 Å². The van der Waals surface area contributed by atoms with E-state index in [0.29, 0.717) is 25.7 Å². The molecule has 19 heteroatoms. The molecule has 0 aliphatic heterocycles. The Morgan fingerprint density at radius 3 is 0.962 bits per heavy atom. The number of ether oxygens (including phenoxy) is 4. The van der Waals surface area contributed by atoms with Crippen LogP contribution >= 0.6 is 15.6 Å². The molecule has 0 aromatic heterocycles. The number of hydrogen-bond donors (Lipinski definition) is 3. The van der Waals surface area contributed by atoms with Crippen LogP contribution in [-0.2, 0) is 65.4 Å². The molecule has 3 N–H and O–H groups in total. The molecule has 3 unspecified atom stereocenters. The van der Waals surface area contributed by atoms with E-state index in [1.807, 2.05) is 0 Å². The van der Waals surface area contributed by atoms with Crippen molar-refractivity contribution in [2.45, 2.75) is 310 Å². The molecule has 79 heavy (non-hydrogen) atoms. The van der Waals surface area contributed by atoms with Gasteiger partial charge in [0.2, 0.25) is 0 Å². The zero-order valence-corrected chi connectivity index (χ0v) is 52.4. The Morgan fingerprint density at radius 1 is 0.367 bits per heavy atom. The molecule has 17 nitrogen and oxygen atoms in total. The maximum absolute atomic E-state index is 12.9. The lowest BCUT2D eigenvalue weighted by Gasteiger charge is -2.21. The Hall–Kier alpha value is -1.94. The van der Waals surface area contributed by atoms with Gasteiger partial charge in [0.25, 0.3) is 0 Å². The maximum Gasteiger partial charge on any atom is 0.472 e. The molecule has 0 aromatic rings. The minimum Gasteiger partial charge on any atom is -0.462 e. The van der Waals surface area contributed by atoms with Crippen molar-refractivity contribution >= 4 is 39.5 Å². The van der Waals surface area contributed by atoms with Crippen LogP contribution in [0.25, 0.3) is 0 Å². The van der Waals surface area contributed by atoms with Gasteiger partial charge in [-0.25, -0.2) is 9.13 Å². The van der Waals surface area contributed by atoms with Gasteiger partial charge in [-0.15, -0.1) is 0 Å². The summed E-state index contributed by atoms with van der Waals surface area (Å²) in [5.41, 5.74) is 0. The first-order chi connectivity index (χ1) is 37.9. The number of carbonyl (C=O) groups is 4. The number of phosphoric ester groups is 2. The topological polar surface area (TPSA) is 237 Å². The average Bonchev–Trinajstić information content (AvgIpc) is 3.41. The molecule has 0 aliphatic rings. The lowest BCUT2D eigenvalue weighted by atomic mass is 9.99. The summed E-state index contributed by atoms with van der Waals surface area (Å²) in [5.74, 6) is -0.606. The Labute approximate surface area is 479 Å².